The van der Waals surface area contributed by atoms with E-state index in [1.807, 2.05) is 29.8 Å². The number of fused-ring (bicyclic) bond motifs is 2. The Labute approximate surface area is 302 Å². The Morgan fingerprint density at radius 1 is 1.06 bits per heavy atom. The topological polar surface area (TPSA) is 110 Å². The van der Waals surface area contributed by atoms with Crippen molar-refractivity contribution in [1.82, 2.24) is 29.6 Å². The van der Waals surface area contributed by atoms with Gasteiger partial charge in [0.25, 0.3) is 12.3 Å². The van der Waals surface area contributed by atoms with Crippen molar-refractivity contribution in [2.75, 3.05) is 31.6 Å². The molecule has 268 valence electrons. The van der Waals surface area contributed by atoms with Gasteiger partial charge in [-0.2, -0.15) is 5.10 Å². The van der Waals surface area contributed by atoms with Crippen LogP contribution in [-0.4, -0.2) is 61.8 Å². The van der Waals surface area contributed by atoms with E-state index in [0.29, 0.717) is 40.8 Å². The summed E-state index contributed by atoms with van der Waals surface area (Å²) in [5.74, 6) is 0.445. The van der Waals surface area contributed by atoms with Crippen LogP contribution in [0.4, 0.5) is 18.9 Å². The molecule has 2 aliphatic heterocycles. The molecule has 8 rings (SSSR count). The molecule has 3 aromatic heterocycles. The highest BCUT2D eigenvalue weighted by Gasteiger charge is 2.20. The summed E-state index contributed by atoms with van der Waals surface area (Å²) in [5, 5.41) is 9.61. The first-order valence-corrected chi connectivity index (χ1v) is 17.2. The molecular formula is C38H35ClF3N7O3. The lowest BCUT2D eigenvalue weighted by atomic mass is 10.0. The average Bonchev–Trinajstić information content (AvgIpc) is 3.67. The van der Waals surface area contributed by atoms with Crippen molar-refractivity contribution in [3.63, 3.8) is 0 Å². The van der Waals surface area contributed by atoms with Crippen LogP contribution in [0.5, 0.6) is 5.88 Å². The number of pyridine rings is 1. The highest BCUT2D eigenvalue weighted by atomic mass is 35.5. The van der Waals surface area contributed by atoms with Crippen LogP contribution in [0, 0.1) is 5.82 Å². The normalized spacial score (nSPS) is 14.5. The van der Waals surface area contributed by atoms with Gasteiger partial charge < -0.3 is 19.4 Å². The van der Waals surface area contributed by atoms with Crippen molar-refractivity contribution in [2.24, 2.45) is 7.05 Å². The number of hydrogen-bond acceptors (Lipinski definition) is 7. The van der Waals surface area contributed by atoms with Crippen molar-refractivity contribution >= 4 is 50.7 Å². The molecule has 0 saturated carbocycles. The van der Waals surface area contributed by atoms with Crippen LogP contribution in [0.15, 0.2) is 78.9 Å². The number of ether oxygens (including phenoxy) is 2. The number of rotatable bonds is 9. The van der Waals surface area contributed by atoms with E-state index in [9.17, 15) is 18.0 Å². The lowest BCUT2D eigenvalue weighted by Gasteiger charge is -2.25. The Kier molecular flexibility index (Phi) is 10.5. The van der Waals surface area contributed by atoms with Crippen LogP contribution >= 0.6 is 11.6 Å². The Bertz CT molecular complexity index is 2260. The molecule has 2 aliphatic rings. The summed E-state index contributed by atoms with van der Waals surface area (Å²) in [7, 11) is 1.96. The molecule has 0 aliphatic carbocycles. The van der Waals surface area contributed by atoms with Crippen LogP contribution in [-0.2, 0) is 24.9 Å². The van der Waals surface area contributed by atoms with E-state index in [0.717, 1.165) is 54.3 Å². The van der Waals surface area contributed by atoms with Gasteiger partial charge in [0.15, 0.2) is 0 Å². The number of alkyl halides is 2. The Morgan fingerprint density at radius 3 is 2.62 bits per heavy atom. The van der Waals surface area contributed by atoms with Crippen LogP contribution in [0.25, 0.3) is 27.5 Å². The highest BCUT2D eigenvalue weighted by Crippen LogP contribution is 2.28. The molecule has 5 heterocycles. The second-order valence-electron chi connectivity index (χ2n) is 12.5. The minimum Gasteiger partial charge on any atom is -0.473 e. The predicted octanol–water partition coefficient (Wildman–Crippen LogP) is 8.10. The van der Waals surface area contributed by atoms with E-state index in [4.69, 9.17) is 26.1 Å². The molecule has 0 bridgehead atoms. The summed E-state index contributed by atoms with van der Waals surface area (Å²) < 4.78 is 53.3. The first-order valence-electron chi connectivity index (χ1n) is 16.8. The van der Waals surface area contributed by atoms with Gasteiger partial charge in [-0.3, -0.25) is 14.8 Å². The summed E-state index contributed by atoms with van der Waals surface area (Å²) in [6.07, 6.45) is 1.48. The molecule has 2 N–H and O–H groups in total. The van der Waals surface area contributed by atoms with Gasteiger partial charge in [0, 0.05) is 66.6 Å². The number of carbonyl (C=O) groups excluding carboxylic acids is 1. The molecule has 1 amide bonds. The van der Waals surface area contributed by atoms with Crippen molar-refractivity contribution in [1.29, 1.82) is 0 Å². The quantitative estimate of drug-likeness (QED) is 0.155. The fourth-order valence-corrected chi connectivity index (χ4v) is 6.06. The SMILES string of the molecule is C1COC1.Cn1c(CN2CC=C(c3cccc(OCc4ccc(Cl)cc4F)n3)CC2)nc2cc(NC(=O)c3ccc4n[nH]c(C(F)F)c4c3)ccc21. The lowest BCUT2D eigenvalue weighted by Crippen LogP contribution is -2.29. The number of amides is 1. The average molecular weight is 730 g/mol. The minimum absolute atomic E-state index is 0.0464. The number of imidazole rings is 1. The highest BCUT2D eigenvalue weighted by molar-refractivity contribution is 6.30. The van der Waals surface area contributed by atoms with E-state index in [1.54, 1.807) is 36.4 Å². The third-order valence-electron chi connectivity index (χ3n) is 8.97. The fourth-order valence-electron chi connectivity index (χ4n) is 5.91. The van der Waals surface area contributed by atoms with Gasteiger partial charge in [-0.25, -0.2) is 23.1 Å². The number of aromatic nitrogens is 5. The van der Waals surface area contributed by atoms with Crippen molar-refractivity contribution in [2.45, 2.75) is 32.4 Å². The maximum Gasteiger partial charge on any atom is 0.280 e. The number of H-pyrrole nitrogens is 1. The molecule has 10 nitrogen and oxygen atoms in total. The van der Waals surface area contributed by atoms with Gasteiger partial charge in [-0.05, 0) is 73.0 Å². The molecule has 14 heteroatoms. The van der Waals surface area contributed by atoms with Gasteiger partial charge >= 0.3 is 0 Å². The number of carbonyl (C=O) groups is 1. The molecule has 0 spiro atoms. The van der Waals surface area contributed by atoms with E-state index in [-0.39, 0.29) is 23.3 Å². The van der Waals surface area contributed by atoms with Gasteiger partial charge in [-0.15, -0.1) is 0 Å². The molecular weight excluding hydrogens is 695 g/mol. The number of anilines is 1. The number of aryl methyl sites for hydroxylation is 1. The summed E-state index contributed by atoms with van der Waals surface area (Å²) in [5.41, 5.74) is 4.80. The van der Waals surface area contributed by atoms with Crippen molar-refractivity contribution < 1.29 is 27.4 Å². The first-order chi connectivity index (χ1) is 25.2. The number of nitrogens with one attached hydrogen (secondary N) is 2. The Hall–Kier alpha value is -5.24. The maximum absolute atomic E-state index is 14.1. The van der Waals surface area contributed by atoms with Gasteiger partial charge in [-0.1, -0.05) is 29.8 Å². The van der Waals surface area contributed by atoms with Gasteiger partial charge in [0.1, 0.15) is 23.9 Å². The summed E-state index contributed by atoms with van der Waals surface area (Å²) >= 11 is 5.84. The second-order valence-corrected chi connectivity index (χ2v) is 12.9. The zero-order valence-electron chi connectivity index (χ0n) is 28.2. The van der Waals surface area contributed by atoms with E-state index in [1.165, 1.54) is 24.6 Å². The van der Waals surface area contributed by atoms with E-state index in [2.05, 4.69) is 31.5 Å². The van der Waals surface area contributed by atoms with Gasteiger partial charge in [0.05, 0.1) is 28.8 Å². The van der Waals surface area contributed by atoms with Crippen LogP contribution in [0.3, 0.4) is 0 Å². The predicted molar refractivity (Wildman–Crippen MR) is 193 cm³/mol. The summed E-state index contributed by atoms with van der Waals surface area (Å²) in [6, 6.07) is 20.0. The number of aromatic amines is 1. The zero-order valence-corrected chi connectivity index (χ0v) is 29.0. The van der Waals surface area contributed by atoms with Crippen molar-refractivity contribution in [3.05, 3.63) is 118 Å². The third-order valence-corrected chi connectivity index (χ3v) is 9.21. The van der Waals surface area contributed by atoms with Crippen molar-refractivity contribution in [3.8, 4) is 5.88 Å². The first kappa shape index (κ1) is 35.2. The molecule has 6 aromatic rings. The number of halogens is 4. The smallest absolute Gasteiger partial charge is 0.280 e. The Balaban J connectivity index is 0.000000985. The summed E-state index contributed by atoms with van der Waals surface area (Å²) in [6.45, 7) is 4.17. The zero-order chi connectivity index (χ0) is 36.2. The van der Waals surface area contributed by atoms with Crippen LogP contribution in [0.2, 0.25) is 5.02 Å². The molecule has 3 aromatic carbocycles. The number of nitrogens with zero attached hydrogens (tertiary/aromatic N) is 5. The fraction of sp³-hybridized carbons (Fsp3) is 0.263. The molecule has 1 fully saturated rings. The lowest BCUT2D eigenvalue weighted by molar-refractivity contribution is 0.0367. The standard InChI is InChI=1S/C35H29ClF3N7O2.C3H6O/c1-45-30-10-8-24(40-35(47)21-6-9-28-25(15-21)33(34(38)39)44-43-28)17-29(30)41-31(45)18-46-13-11-20(12-14-46)27-3-2-4-32(42-27)48-19-22-5-7-23(36)16-26(22)37;1-2-4-3-1/h2-11,15-17,34H,12-14,18-19H2,1H3,(H,40,47)(H,43,44);1-3H2. The second kappa shape index (κ2) is 15.6. The molecule has 0 unspecified atom stereocenters. The number of benzene rings is 3. The van der Waals surface area contributed by atoms with Crippen LogP contribution < -0.4 is 10.1 Å². The Morgan fingerprint density at radius 2 is 1.88 bits per heavy atom. The maximum atomic E-state index is 14.1. The van der Waals surface area contributed by atoms with Gasteiger partial charge in [0.2, 0.25) is 5.88 Å². The number of hydrogen-bond donors (Lipinski definition) is 2. The molecule has 0 atom stereocenters. The molecule has 0 radical (unpaired) electrons. The van der Waals surface area contributed by atoms with E-state index < -0.39 is 18.1 Å². The molecule has 52 heavy (non-hydrogen) atoms. The van der Waals surface area contributed by atoms with E-state index >= 15 is 0 Å². The molecule has 1 saturated heterocycles. The van der Waals surface area contributed by atoms with Crippen LogP contribution in [0.1, 0.15) is 52.4 Å². The minimum atomic E-state index is -2.73. The summed E-state index contributed by atoms with van der Waals surface area (Å²) in [4.78, 5) is 24.8. The third kappa shape index (κ3) is 7.96. The largest absolute Gasteiger partial charge is 0.473 e. The monoisotopic (exact) mass is 729 g/mol.